The van der Waals surface area contributed by atoms with Crippen LogP contribution in [-0.4, -0.2) is 26.2 Å². The zero-order valence-electron chi connectivity index (χ0n) is 16.5. The van der Waals surface area contributed by atoms with Crippen LogP contribution in [0, 0.1) is 5.92 Å². The summed E-state index contributed by atoms with van der Waals surface area (Å²) in [4.78, 5) is 18.4. The van der Waals surface area contributed by atoms with E-state index in [-0.39, 0.29) is 22.8 Å². The molecule has 4 N–H and O–H groups in total. The van der Waals surface area contributed by atoms with Crippen molar-refractivity contribution < 1.29 is 20.1 Å². The number of nitrogens with one attached hydrogen (secondary N) is 1. The topological polar surface area (TPSA) is 103 Å². The summed E-state index contributed by atoms with van der Waals surface area (Å²) in [5.74, 6) is -0.202. The SMILES string of the molecule is O=C(Nc1nc(-c2ccc(O)cc2)c(CC2CCCCC2)s1)c1ccc(O)c(O)c1. The van der Waals surface area contributed by atoms with E-state index in [4.69, 9.17) is 0 Å². The summed E-state index contributed by atoms with van der Waals surface area (Å²) in [5.41, 5.74) is 1.97. The highest BCUT2D eigenvalue weighted by atomic mass is 32.1. The molecule has 0 bridgehead atoms. The molecular weight excluding hydrogens is 400 g/mol. The summed E-state index contributed by atoms with van der Waals surface area (Å²) >= 11 is 1.47. The number of hydrogen-bond acceptors (Lipinski definition) is 6. The number of aromatic hydroxyl groups is 3. The van der Waals surface area contributed by atoms with Gasteiger partial charge < -0.3 is 15.3 Å². The third-order valence-electron chi connectivity index (χ3n) is 5.49. The van der Waals surface area contributed by atoms with Crippen molar-refractivity contribution in [1.82, 2.24) is 4.98 Å². The average Bonchev–Trinajstić information content (AvgIpc) is 3.13. The van der Waals surface area contributed by atoms with Gasteiger partial charge in [0, 0.05) is 16.0 Å². The van der Waals surface area contributed by atoms with E-state index in [0.29, 0.717) is 11.0 Å². The fraction of sp³-hybridized carbons (Fsp3) is 0.304. The van der Waals surface area contributed by atoms with Crippen molar-refractivity contribution in [3.63, 3.8) is 0 Å². The molecule has 0 spiro atoms. The van der Waals surface area contributed by atoms with Crippen LogP contribution in [0.1, 0.15) is 47.3 Å². The number of phenolic OH excluding ortho intramolecular Hbond substituents is 3. The second-order valence-electron chi connectivity index (χ2n) is 7.70. The van der Waals surface area contributed by atoms with Crippen molar-refractivity contribution in [2.45, 2.75) is 38.5 Å². The molecule has 0 radical (unpaired) electrons. The molecule has 1 aliphatic carbocycles. The Labute approximate surface area is 178 Å². The maximum atomic E-state index is 12.6. The number of aromatic nitrogens is 1. The highest BCUT2D eigenvalue weighted by Crippen LogP contribution is 2.37. The van der Waals surface area contributed by atoms with Crippen LogP contribution < -0.4 is 5.32 Å². The van der Waals surface area contributed by atoms with Gasteiger partial charge in [-0.15, -0.1) is 11.3 Å². The molecule has 1 amide bonds. The lowest BCUT2D eigenvalue weighted by molar-refractivity contribution is 0.102. The summed E-state index contributed by atoms with van der Waals surface area (Å²) < 4.78 is 0. The Kier molecular flexibility index (Phi) is 5.90. The van der Waals surface area contributed by atoms with Gasteiger partial charge in [-0.25, -0.2) is 4.98 Å². The summed E-state index contributed by atoms with van der Waals surface area (Å²) in [5, 5.41) is 32.0. The lowest BCUT2D eigenvalue weighted by Gasteiger charge is -2.21. The van der Waals surface area contributed by atoms with Crippen molar-refractivity contribution in [2.75, 3.05) is 5.32 Å². The summed E-state index contributed by atoms with van der Waals surface area (Å²) in [6.45, 7) is 0. The molecule has 0 saturated heterocycles. The van der Waals surface area contributed by atoms with E-state index in [9.17, 15) is 20.1 Å². The lowest BCUT2D eigenvalue weighted by atomic mass is 9.86. The Hall–Kier alpha value is -3.06. The number of benzene rings is 2. The predicted molar refractivity (Wildman–Crippen MR) is 117 cm³/mol. The number of amides is 1. The van der Waals surface area contributed by atoms with E-state index in [2.05, 4.69) is 10.3 Å². The number of carbonyl (C=O) groups excluding carboxylic acids is 1. The molecule has 156 valence electrons. The first-order valence-electron chi connectivity index (χ1n) is 10.1. The van der Waals surface area contributed by atoms with E-state index < -0.39 is 5.91 Å². The molecule has 3 aromatic rings. The molecule has 0 aliphatic heterocycles. The quantitative estimate of drug-likeness (QED) is 0.416. The van der Waals surface area contributed by atoms with E-state index in [0.717, 1.165) is 22.6 Å². The van der Waals surface area contributed by atoms with Gasteiger partial charge in [0.15, 0.2) is 16.6 Å². The summed E-state index contributed by atoms with van der Waals surface area (Å²) in [7, 11) is 0. The molecule has 1 aromatic heterocycles. The molecule has 4 rings (SSSR count). The number of hydrogen-bond donors (Lipinski definition) is 4. The Morgan fingerprint density at radius 3 is 2.43 bits per heavy atom. The number of thiazole rings is 1. The minimum Gasteiger partial charge on any atom is -0.508 e. The van der Waals surface area contributed by atoms with Gasteiger partial charge >= 0.3 is 0 Å². The van der Waals surface area contributed by atoms with Gasteiger partial charge in [0.2, 0.25) is 0 Å². The zero-order valence-corrected chi connectivity index (χ0v) is 17.3. The van der Waals surface area contributed by atoms with Crippen LogP contribution in [0.25, 0.3) is 11.3 Å². The standard InChI is InChI=1S/C23H24N2O4S/c26-17-9-6-15(7-10-17)21-20(12-14-4-2-1-3-5-14)30-23(24-21)25-22(29)16-8-11-18(27)19(28)13-16/h6-11,13-14,26-28H,1-5,12H2,(H,24,25,29). The largest absolute Gasteiger partial charge is 0.508 e. The van der Waals surface area contributed by atoms with Crippen molar-refractivity contribution >= 4 is 22.4 Å². The Morgan fingerprint density at radius 2 is 1.73 bits per heavy atom. The molecule has 1 heterocycles. The van der Waals surface area contributed by atoms with Gasteiger partial charge in [0.25, 0.3) is 5.91 Å². The predicted octanol–water partition coefficient (Wildman–Crippen LogP) is 5.30. The van der Waals surface area contributed by atoms with Crippen LogP contribution in [0.15, 0.2) is 42.5 Å². The van der Waals surface area contributed by atoms with Gasteiger partial charge in [-0.2, -0.15) is 0 Å². The third kappa shape index (κ3) is 4.57. The normalized spacial score (nSPS) is 14.5. The molecular formula is C23H24N2O4S. The first-order valence-corrected chi connectivity index (χ1v) is 10.9. The molecule has 2 aromatic carbocycles. The van der Waals surface area contributed by atoms with Crippen LogP contribution in [0.5, 0.6) is 17.2 Å². The van der Waals surface area contributed by atoms with Gasteiger partial charge in [0.05, 0.1) is 5.69 Å². The van der Waals surface area contributed by atoms with Crippen LogP contribution >= 0.6 is 11.3 Å². The van der Waals surface area contributed by atoms with Crippen molar-refractivity contribution in [2.24, 2.45) is 5.92 Å². The summed E-state index contributed by atoms with van der Waals surface area (Å²) in [6.07, 6.45) is 7.15. The third-order valence-corrected chi connectivity index (χ3v) is 6.49. The number of anilines is 1. The van der Waals surface area contributed by atoms with Crippen molar-refractivity contribution in [3.05, 3.63) is 52.9 Å². The smallest absolute Gasteiger partial charge is 0.257 e. The summed E-state index contributed by atoms with van der Waals surface area (Å²) in [6, 6.07) is 10.9. The van der Waals surface area contributed by atoms with Crippen molar-refractivity contribution in [3.8, 4) is 28.5 Å². The fourth-order valence-electron chi connectivity index (χ4n) is 3.88. The maximum absolute atomic E-state index is 12.6. The van der Waals surface area contributed by atoms with Crippen LogP contribution in [0.2, 0.25) is 0 Å². The molecule has 1 aliphatic rings. The molecule has 30 heavy (non-hydrogen) atoms. The lowest BCUT2D eigenvalue weighted by Crippen LogP contribution is -2.11. The van der Waals surface area contributed by atoms with Crippen LogP contribution in [0.4, 0.5) is 5.13 Å². The molecule has 0 atom stereocenters. The first kappa shape index (κ1) is 20.2. The highest BCUT2D eigenvalue weighted by Gasteiger charge is 2.21. The van der Waals surface area contributed by atoms with Gasteiger partial charge in [-0.3, -0.25) is 10.1 Å². The van der Waals surface area contributed by atoms with Gasteiger partial charge in [-0.1, -0.05) is 32.1 Å². The number of carbonyl (C=O) groups is 1. The van der Waals surface area contributed by atoms with Gasteiger partial charge in [0.1, 0.15) is 5.75 Å². The first-order chi connectivity index (χ1) is 14.5. The van der Waals surface area contributed by atoms with E-state index in [1.165, 1.54) is 61.6 Å². The molecule has 1 saturated carbocycles. The number of rotatable bonds is 5. The van der Waals surface area contributed by atoms with Crippen molar-refractivity contribution in [1.29, 1.82) is 0 Å². The van der Waals surface area contributed by atoms with E-state index >= 15 is 0 Å². The van der Waals surface area contributed by atoms with E-state index in [1.54, 1.807) is 12.1 Å². The Morgan fingerprint density at radius 1 is 1.00 bits per heavy atom. The highest BCUT2D eigenvalue weighted by molar-refractivity contribution is 7.16. The minimum absolute atomic E-state index is 0.198. The Bertz CT molecular complexity index is 1040. The number of nitrogens with zero attached hydrogens (tertiary/aromatic N) is 1. The minimum atomic E-state index is -0.402. The average molecular weight is 425 g/mol. The monoisotopic (exact) mass is 424 g/mol. The molecule has 1 fully saturated rings. The zero-order chi connectivity index (χ0) is 21.1. The molecule has 6 nitrogen and oxygen atoms in total. The van der Waals surface area contributed by atoms with Crippen LogP contribution in [0.3, 0.4) is 0 Å². The molecule has 7 heteroatoms. The number of phenols is 3. The maximum Gasteiger partial charge on any atom is 0.257 e. The second kappa shape index (κ2) is 8.75. The van der Waals surface area contributed by atoms with Crippen LogP contribution in [-0.2, 0) is 6.42 Å². The fourth-order valence-corrected chi connectivity index (χ4v) is 4.97. The van der Waals surface area contributed by atoms with E-state index in [1.807, 2.05) is 12.1 Å². The molecule has 0 unspecified atom stereocenters. The second-order valence-corrected chi connectivity index (χ2v) is 8.79. The van der Waals surface area contributed by atoms with Gasteiger partial charge in [-0.05, 0) is 54.8 Å². The Balaban J connectivity index is 1.61.